The Morgan fingerprint density at radius 1 is 0.947 bits per heavy atom. The molecule has 1 amide bonds. The third kappa shape index (κ3) is 3.11. The summed E-state index contributed by atoms with van der Waals surface area (Å²) < 4.78 is 0. The van der Waals surface area contributed by atoms with Crippen LogP contribution in [0.1, 0.15) is 44.9 Å². The fourth-order valence-electron chi connectivity index (χ4n) is 3.98. The lowest BCUT2D eigenvalue weighted by Crippen LogP contribution is -2.56. The van der Waals surface area contributed by atoms with Gasteiger partial charge in [0.05, 0.1) is 6.04 Å². The third-order valence-corrected chi connectivity index (χ3v) is 5.10. The Hall–Kier alpha value is -0.610. The van der Waals surface area contributed by atoms with Crippen molar-refractivity contribution in [1.29, 1.82) is 0 Å². The van der Waals surface area contributed by atoms with Gasteiger partial charge in [0, 0.05) is 25.7 Å². The van der Waals surface area contributed by atoms with E-state index in [1.807, 2.05) is 0 Å². The molecule has 0 aromatic carbocycles. The number of piperidine rings is 1. The molecular weight excluding hydrogens is 238 g/mol. The molecule has 1 saturated carbocycles. The van der Waals surface area contributed by atoms with Crippen LogP contribution in [0.2, 0.25) is 0 Å². The number of rotatable bonds is 1. The summed E-state index contributed by atoms with van der Waals surface area (Å²) >= 11 is 0. The number of amides is 1. The van der Waals surface area contributed by atoms with Crippen LogP contribution in [0.3, 0.4) is 0 Å². The first-order valence-electron chi connectivity index (χ1n) is 8.10. The van der Waals surface area contributed by atoms with E-state index in [-0.39, 0.29) is 6.04 Å². The zero-order valence-corrected chi connectivity index (χ0v) is 11.9. The van der Waals surface area contributed by atoms with Gasteiger partial charge in [0.1, 0.15) is 0 Å². The molecule has 3 fully saturated rings. The highest BCUT2D eigenvalue weighted by Gasteiger charge is 2.35. The van der Waals surface area contributed by atoms with Crippen molar-refractivity contribution in [3.05, 3.63) is 0 Å². The van der Waals surface area contributed by atoms with Crippen molar-refractivity contribution in [1.82, 2.24) is 15.5 Å². The van der Waals surface area contributed by atoms with E-state index < -0.39 is 0 Å². The predicted octanol–water partition coefficient (Wildman–Crippen LogP) is 1.12. The molecule has 2 saturated heterocycles. The fraction of sp³-hybridized carbons (Fsp3) is 0.933. The van der Waals surface area contributed by atoms with Gasteiger partial charge in [-0.3, -0.25) is 4.79 Å². The van der Waals surface area contributed by atoms with Crippen molar-refractivity contribution in [2.24, 2.45) is 5.92 Å². The van der Waals surface area contributed by atoms with Gasteiger partial charge in [0.25, 0.3) is 0 Å². The SMILES string of the molecule is O=C(C1CCC2CCCCC2N1)N1CCCNCC1. The second-order valence-corrected chi connectivity index (χ2v) is 6.38. The minimum Gasteiger partial charge on any atom is -0.340 e. The predicted molar refractivity (Wildman–Crippen MR) is 76.0 cm³/mol. The molecule has 3 unspecified atom stereocenters. The average molecular weight is 265 g/mol. The van der Waals surface area contributed by atoms with Crippen LogP contribution in [-0.4, -0.2) is 49.1 Å². The van der Waals surface area contributed by atoms with Gasteiger partial charge < -0.3 is 15.5 Å². The van der Waals surface area contributed by atoms with Crippen LogP contribution in [0, 0.1) is 5.92 Å². The summed E-state index contributed by atoms with van der Waals surface area (Å²) in [7, 11) is 0. The van der Waals surface area contributed by atoms with E-state index in [2.05, 4.69) is 15.5 Å². The maximum Gasteiger partial charge on any atom is 0.239 e. The maximum atomic E-state index is 12.6. The Morgan fingerprint density at radius 2 is 1.84 bits per heavy atom. The van der Waals surface area contributed by atoms with E-state index >= 15 is 0 Å². The lowest BCUT2D eigenvalue weighted by Gasteiger charge is -2.41. The summed E-state index contributed by atoms with van der Waals surface area (Å²) in [6.45, 7) is 3.81. The molecule has 2 heterocycles. The zero-order valence-electron chi connectivity index (χ0n) is 11.9. The Bertz CT molecular complexity index is 313. The van der Waals surface area contributed by atoms with Crippen molar-refractivity contribution in [2.45, 2.75) is 57.0 Å². The number of fused-ring (bicyclic) bond motifs is 1. The van der Waals surface area contributed by atoms with Crippen LogP contribution >= 0.6 is 0 Å². The highest BCUT2D eigenvalue weighted by atomic mass is 16.2. The van der Waals surface area contributed by atoms with Crippen LogP contribution in [-0.2, 0) is 4.79 Å². The van der Waals surface area contributed by atoms with Gasteiger partial charge >= 0.3 is 0 Å². The van der Waals surface area contributed by atoms with Crippen LogP contribution in [0.25, 0.3) is 0 Å². The molecule has 0 aromatic heterocycles. The highest BCUT2D eigenvalue weighted by molar-refractivity contribution is 5.82. The van der Waals surface area contributed by atoms with Gasteiger partial charge in [0.2, 0.25) is 5.91 Å². The molecule has 3 atom stereocenters. The second kappa shape index (κ2) is 6.23. The molecule has 19 heavy (non-hydrogen) atoms. The maximum absolute atomic E-state index is 12.6. The van der Waals surface area contributed by atoms with Crippen molar-refractivity contribution in [2.75, 3.05) is 26.2 Å². The van der Waals surface area contributed by atoms with E-state index in [0.29, 0.717) is 11.9 Å². The number of hydrogen-bond acceptors (Lipinski definition) is 3. The van der Waals surface area contributed by atoms with E-state index in [1.54, 1.807) is 0 Å². The van der Waals surface area contributed by atoms with E-state index in [0.717, 1.165) is 44.9 Å². The Morgan fingerprint density at radius 3 is 2.79 bits per heavy atom. The van der Waals surface area contributed by atoms with E-state index in [1.165, 1.54) is 32.1 Å². The normalized spacial score (nSPS) is 36.4. The first kappa shape index (κ1) is 13.4. The quantitative estimate of drug-likeness (QED) is 0.747. The minimum absolute atomic E-state index is 0.0949. The second-order valence-electron chi connectivity index (χ2n) is 6.38. The summed E-state index contributed by atoms with van der Waals surface area (Å²) in [6.07, 6.45) is 8.75. The van der Waals surface area contributed by atoms with Crippen molar-refractivity contribution >= 4 is 5.91 Å². The summed E-state index contributed by atoms with van der Waals surface area (Å²) in [5, 5.41) is 7.03. The first-order valence-corrected chi connectivity index (χ1v) is 8.10. The van der Waals surface area contributed by atoms with Crippen molar-refractivity contribution in [3.63, 3.8) is 0 Å². The largest absolute Gasteiger partial charge is 0.340 e. The van der Waals surface area contributed by atoms with Gasteiger partial charge in [-0.25, -0.2) is 0 Å². The Labute approximate surface area is 116 Å². The van der Waals surface area contributed by atoms with E-state index in [4.69, 9.17) is 0 Å². The first-order chi connectivity index (χ1) is 9.34. The lowest BCUT2D eigenvalue weighted by molar-refractivity contribution is -0.134. The molecule has 4 heteroatoms. The van der Waals surface area contributed by atoms with Crippen molar-refractivity contribution in [3.8, 4) is 0 Å². The summed E-state index contributed by atoms with van der Waals surface area (Å²) in [5.41, 5.74) is 0. The summed E-state index contributed by atoms with van der Waals surface area (Å²) in [6, 6.07) is 0.707. The molecule has 0 spiro atoms. The summed E-state index contributed by atoms with van der Waals surface area (Å²) in [5.74, 6) is 1.19. The number of carbonyl (C=O) groups excluding carboxylic acids is 1. The zero-order chi connectivity index (χ0) is 13.1. The number of hydrogen-bond donors (Lipinski definition) is 2. The van der Waals surface area contributed by atoms with Crippen LogP contribution in [0.4, 0.5) is 0 Å². The number of nitrogens with one attached hydrogen (secondary N) is 2. The molecule has 0 radical (unpaired) electrons. The van der Waals surface area contributed by atoms with Crippen LogP contribution in [0.5, 0.6) is 0 Å². The van der Waals surface area contributed by atoms with Gasteiger partial charge in [-0.05, 0) is 44.6 Å². The molecule has 1 aliphatic carbocycles. The molecule has 0 aromatic rings. The van der Waals surface area contributed by atoms with Crippen LogP contribution < -0.4 is 10.6 Å². The lowest BCUT2D eigenvalue weighted by atomic mass is 9.77. The molecule has 0 bridgehead atoms. The summed E-state index contributed by atoms with van der Waals surface area (Å²) in [4.78, 5) is 14.7. The highest BCUT2D eigenvalue weighted by Crippen LogP contribution is 2.32. The molecule has 2 aliphatic heterocycles. The molecule has 2 N–H and O–H groups in total. The third-order valence-electron chi connectivity index (χ3n) is 5.10. The molecular formula is C15H27N3O. The molecule has 108 valence electrons. The smallest absolute Gasteiger partial charge is 0.239 e. The van der Waals surface area contributed by atoms with E-state index in [9.17, 15) is 4.79 Å². The molecule has 3 aliphatic rings. The topological polar surface area (TPSA) is 44.4 Å². The Kier molecular flexibility index (Phi) is 4.38. The van der Waals surface area contributed by atoms with Gasteiger partial charge in [-0.15, -0.1) is 0 Å². The van der Waals surface area contributed by atoms with Gasteiger partial charge in [-0.1, -0.05) is 12.8 Å². The van der Waals surface area contributed by atoms with Crippen LogP contribution in [0.15, 0.2) is 0 Å². The molecule has 4 nitrogen and oxygen atoms in total. The standard InChI is InChI=1S/C15H27N3O/c19-15(18-10-3-8-16-9-11-18)14-7-6-12-4-1-2-5-13(12)17-14/h12-14,16-17H,1-11H2. The number of carbonyl (C=O) groups is 1. The monoisotopic (exact) mass is 265 g/mol. The number of nitrogens with zero attached hydrogens (tertiary/aromatic N) is 1. The Balaban J connectivity index is 1.57. The average Bonchev–Trinajstić information content (AvgIpc) is 2.75. The minimum atomic E-state index is 0.0949. The molecule has 3 rings (SSSR count). The van der Waals surface area contributed by atoms with Gasteiger partial charge in [0.15, 0.2) is 0 Å². The van der Waals surface area contributed by atoms with Gasteiger partial charge in [-0.2, -0.15) is 0 Å². The fourth-order valence-corrected chi connectivity index (χ4v) is 3.98. The van der Waals surface area contributed by atoms with Crippen molar-refractivity contribution < 1.29 is 4.79 Å².